The van der Waals surface area contributed by atoms with Gasteiger partial charge < -0.3 is 40.1 Å². The van der Waals surface area contributed by atoms with Gasteiger partial charge in [-0.05, 0) is 242 Å². The third-order valence-corrected chi connectivity index (χ3v) is 21.6. The molecule has 0 bridgehead atoms. The Balaban J connectivity index is 0.000000213. The van der Waals surface area contributed by atoms with Gasteiger partial charge in [0.1, 0.15) is 42.0 Å². The average Bonchev–Trinajstić information content (AvgIpc) is 1.52. The van der Waals surface area contributed by atoms with Crippen molar-refractivity contribution >= 4 is 45.5 Å². The number of aromatic hydroxyl groups is 3. The van der Waals surface area contributed by atoms with Crippen molar-refractivity contribution in [2.45, 2.75) is 154 Å². The van der Waals surface area contributed by atoms with Crippen LogP contribution in [0.25, 0.3) is 22.3 Å². The largest absolute Gasteiger partial charge is 0.508 e. The number of fused-ring (bicyclic) bond motifs is 5. The molecule has 3 aliphatic carbocycles. The lowest BCUT2D eigenvalue weighted by Gasteiger charge is -2.53. The molecule has 3 aliphatic rings. The number of hydrogen-bond acceptors (Lipinski definition) is 9. The first-order valence-electron chi connectivity index (χ1n) is 35.4. The van der Waals surface area contributed by atoms with E-state index in [9.17, 15) is 46.6 Å². The molecular weight excluding hydrogens is 1300 g/mol. The highest BCUT2D eigenvalue weighted by atomic mass is 35.5. The molecular formula is C83H104ClF5N2O7S. The molecule has 7 aromatic rings. The van der Waals surface area contributed by atoms with Crippen molar-refractivity contribution in [2.75, 3.05) is 59.0 Å². The molecule has 0 aliphatic heterocycles. The number of likely N-dealkylation sites (N-methyl/N-ethyl adjacent to an activating group) is 2. The Morgan fingerprint density at radius 1 is 0.586 bits per heavy atom. The third-order valence-electron chi connectivity index (χ3n) is 20.1. The normalized spacial score (nSPS) is 19.5. The molecule has 1 unspecified atom stereocenters. The molecule has 9 nitrogen and oxygen atoms in total. The second-order valence-corrected chi connectivity index (χ2v) is 28.8. The molecule has 5 N–H and O–H groups in total. The van der Waals surface area contributed by atoms with Crippen molar-refractivity contribution < 1.29 is 56.1 Å². The van der Waals surface area contributed by atoms with Crippen LogP contribution in [0.3, 0.4) is 0 Å². The van der Waals surface area contributed by atoms with Crippen LogP contribution in [0.15, 0.2) is 176 Å². The lowest BCUT2D eigenvalue weighted by atomic mass is 9.52. The van der Waals surface area contributed by atoms with E-state index in [1.807, 2.05) is 93.9 Å². The van der Waals surface area contributed by atoms with Gasteiger partial charge in [-0.25, -0.2) is 0 Å². The van der Waals surface area contributed by atoms with Crippen molar-refractivity contribution in [2.24, 2.45) is 23.2 Å². The Bertz CT molecular complexity index is 3630. The Morgan fingerprint density at radius 2 is 1.05 bits per heavy atom. The first-order valence-corrected chi connectivity index (χ1v) is 36.8. The summed E-state index contributed by atoms with van der Waals surface area (Å²) in [5.74, 6) is 0.368. The summed E-state index contributed by atoms with van der Waals surface area (Å²) in [6.07, 6.45) is 7.78. The Morgan fingerprint density at radius 3 is 1.54 bits per heavy atom. The van der Waals surface area contributed by atoms with Gasteiger partial charge in [0.15, 0.2) is 0 Å². The first-order chi connectivity index (χ1) is 47.1. The van der Waals surface area contributed by atoms with E-state index >= 15 is 0 Å². The highest BCUT2D eigenvalue weighted by molar-refractivity contribution is 7.84. The molecule has 0 spiro atoms. The predicted molar refractivity (Wildman–Crippen MR) is 398 cm³/mol. The standard InChI is InChI=1S/C32H47F5O3S.C26H29NO2.C25H27NO2.ClH/c1-30-17-15-26-25-12-11-24(38)21-23(25)20-22(29(26)27(30)13-14-28(30)39)10-7-5-3-2-4-6-8-18-41(40)19-9-16-31(33,34)32(35,36)37;1-4-25(20-8-6-5-7-9-20)26(21-10-14-23(28)15-11-21)22-12-16-24(17-13-22)29-19-18-27(2)3;1-3-24(19-7-5-4-6-8-19)25(20-9-13-22(27)14-10-20)21-11-15-23(16-12-21)28-18-17-26-2;/h11-12,21-22,26-29,38-39H,2-10,13-20H2,1H3;5-17,28H,4,18-19H2,1-3H3;4-16,26-27H,3,17-18H2,1-2H3;1H/b;26-25-;;/t22-,26-,27+,28+,29-,30+,41?;;;/m1.../s1. The zero-order valence-corrected chi connectivity index (χ0v) is 60.2. The number of hydrogen-bond donors (Lipinski definition) is 5. The van der Waals surface area contributed by atoms with E-state index in [0.717, 1.165) is 137 Å². The SMILES string of the molecule is CC/C(=C(\c1ccc(O)cc1)c1ccc(OCCN(C)C)cc1)c1ccccc1.CCC(=C(c1ccc(O)cc1)c1ccc(OCCNC)cc1)c1ccccc1.C[C@]12CC[C@@H]3c4ccc(O)cc4C[C@@H](CCCCCCCCCS(=O)CCCC(F)(F)C(F)(F)F)[C@H]3[C@@H]1CC[C@@H]2O.Cl. The van der Waals surface area contributed by atoms with E-state index in [1.165, 1.54) is 44.5 Å². The van der Waals surface area contributed by atoms with Gasteiger partial charge in [0.2, 0.25) is 0 Å². The number of halogens is 6. The van der Waals surface area contributed by atoms with Crippen LogP contribution < -0.4 is 14.8 Å². The number of nitrogens with zero attached hydrogens (tertiary/aromatic N) is 1. The summed E-state index contributed by atoms with van der Waals surface area (Å²) in [4.78, 5) is 2.10. The molecule has 0 aromatic heterocycles. The van der Waals surface area contributed by atoms with Gasteiger partial charge in [-0.3, -0.25) is 4.21 Å². The summed E-state index contributed by atoms with van der Waals surface area (Å²) in [6.45, 7) is 9.66. The average molecular weight is 1400 g/mol. The molecule has 99 heavy (non-hydrogen) atoms. The van der Waals surface area contributed by atoms with Gasteiger partial charge in [-0.2, -0.15) is 22.0 Å². The van der Waals surface area contributed by atoms with Crippen molar-refractivity contribution in [3.8, 4) is 28.7 Å². The minimum absolute atomic E-state index is 0. The molecule has 536 valence electrons. The molecule has 0 amide bonds. The maximum absolute atomic E-state index is 13.0. The fourth-order valence-corrected chi connectivity index (χ4v) is 16.1. The Hall–Kier alpha value is -7.01. The topological polar surface area (TPSA) is 132 Å². The number of aliphatic hydroxyl groups excluding tert-OH is 1. The molecule has 2 fully saturated rings. The molecule has 16 heteroatoms. The fraction of sp³-hybridized carbons (Fsp3) is 0.446. The van der Waals surface area contributed by atoms with E-state index in [1.54, 1.807) is 24.3 Å². The summed E-state index contributed by atoms with van der Waals surface area (Å²) in [5.41, 5.74) is 14.5. The maximum Gasteiger partial charge on any atom is 0.453 e. The minimum atomic E-state index is -5.54. The highest BCUT2D eigenvalue weighted by Crippen LogP contribution is 2.63. The smallest absolute Gasteiger partial charge is 0.453 e. The second kappa shape index (κ2) is 38.7. The van der Waals surface area contributed by atoms with Crippen molar-refractivity contribution in [1.29, 1.82) is 0 Å². The van der Waals surface area contributed by atoms with Gasteiger partial charge >= 0.3 is 12.1 Å². The van der Waals surface area contributed by atoms with Crippen molar-refractivity contribution in [3.63, 3.8) is 0 Å². The zero-order chi connectivity index (χ0) is 70.2. The minimum Gasteiger partial charge on any atom is -0.508 e. The quantitative estimate of drug-likeness (QED) is 0.0170. The number of aliphatic hydroxyl groups is 1. The van der Waals surface area contributed by atoms with Crippen LogP contribution in [-0.2, 0) is 17.2 Å². The third kappa shape index (κ3) is 22.2. The van der Waals surface area contributed by atoms with E-state index in [0.29, 0.717) is 54.8 Å². The molecule has 0 saturated heterocycles. The van der Waals surface area contributed by atoms with E-state index in [-0.39, 0.29) is 41.2 Å². The van der Waals surface area contributed by atoms with Gasteiger partial charge in [0.05, 0.1) is 6.10 Å². The van der Waals surface area contributed by atoms with Gasteiger partial charge in [-0.15, -0.1) is 12.4 Å². The summed E-state index contributed by atoms with van der Waals surface area (Å²) in [7, 11) is 4.64. The fourth-order valence-electron chi connectivity index (χ4n) is 15.0. The number of benzene rings is 7. The zero-order valence-electron chi connectivity index (χ0n) is 58.6. The van der Waals surface area contributed by atoms with Crippen molar-refractivity contribution in [1.82, 2.24) is 10.2 Å². The highest BCUT2D eigenvalue weighted by Gasteiger charge is 2.57. The van der Waals surface area contributed by atoms with Crippen LogP contribution in [0, 0.1) is 23.2 Å². The van der Waals surface area contributed by atoms with Crippen LogP contribution in [0.4, 0.5) is 22.0 Å². The first kappa shape index (κ1) is 79.3. The summed E-state index contributed by atoms with van der Waals surface area (Å²) >= 11 is 0. The number of nitrogens with one attached hydrogen (secondary N) is 1. The second-order valence-electron chi connectivity index (χ2n) is 27.1. The number of phenols is 3. The molecule has 7 aromatic carbocycles. The van der Waals surface area contributed by atoms with E-state index < -0.39 is 35.7 Å². The van der Waals surface area contributed by atoms with Crippen LogP contribution in [0.1, 0.15) is 174 Å². The van der Waals surface area contributed by atoms with Crippen LogP contribution >= 0.6 is 12.4 Å². The van der Waals surface area contributed by atoms with Crippen LogP contribution in [0.2, 0.25) is 0 Å². The number of allylic oxidation sites excluding steroid dienone is 2. The summed E-state index contributed by atoms with van der Waals surface area (Å²) in [6, 6.07) is 58.3. The monoisotopic (exact) mass is 1400 g/mol. The number of ether oxygens (including phenoxy) is 2. The summed E-state index contributed by atoms with van der Waals surface area (Å²) in [5, 5.41) is 43.5. The molecule has 7 atom stereocenters. The number of alkyl halides is 5. The lowest BCUT2D eigenvalue weighted by molar-refractivity contribution is -0.284. The number of unbranched alkanes of at least 4 members (excludes halogenated alkanes) is 6. The molecule has 10 rings (SSSR count). The molecule has 0 radical (unpaired) electrons. The number of rotatable bonds is 30. The lowest BCUT2D eigenvalue weighted by Crippen LogP contribution is -2.47. The van der Waals surface area contributed by atoms with Crippen molar-refractivity contribution in [3.05, 3.63) is 220 Å². The maximum atomic E-state index is 13.0. The van der Waals surface area contributed by atoms with Crippen LogP contribution in [-0.4, -0.2) is 107 Å². The number of phenolic OH excluding ortho intramolecular Hbond substituents is 3. The molecule has 2 saturated carbocycles. The van der Waals surface area contributed by atoms with Gasteiger partial charge in [0.25, 0.3) is 0 Å². The molecule has 0 heterocycles. The van der Waals surface area contributed by atoms with Gasteiger partial charge in [0, 0.05) is 41.8 Å². The predicted octanol–water partition coefficient (Wildman–Crippen LogP) is 20.2. The summed E-state index contributed by atoms with van der Waals surface area (Å²) < 4.78 is 86.1. The van der Waals surface area contributed by atoms with Crippen LogP contribution in [0.5, 0.6) is 28.7 Å². The van der Waals surface area contributed by atoms with E-state index in [2.05, 4.69) is 110 Å². The van der Waals surface area contributed by atoms with Gasteiger partial charge in [-0.1, -0.05) is 175 Å². The Kier molecular flexibility index (Phi) is 31.0. The Labute approximate surface area is 593 Å². The van der Waals surface area contributed by atoms with E-state index in [4.69, 9.17) is 9.47 Å².